The molecule has 0 saturated heterocycles. The van der Waals surface area contributed by atoms with E-state index in [1.165, 1.54) is 16.7 Å². The fourth-order valence-electron chi connectivity index (χ4n) is 3.22. The van der Waals surface area contributed by atoms with Crippen LogP contribution in [-0.4, -0.2) is 37.0 Å². The Labute approximate surface area is 154 Å². The molecule has 1 aromatic carbocycles. The average Bonchev–Trinajstić information content (AvgIpc) is 2.65. The van der Waals surface area contributed by atoms with Crippen LogP contribution in [0.25, 0.3) is 0 Å². The lowest BCUT2D eigenvalue weighted by atomic mass is 9.90. The number of fused-ring (bicyclic) bond motifs is 1. The van der Waals surface area contributed by atoms with E-state index in [1.807, 2.05) is 36.7 Å². The van der Waals surface area contributed by atoms with E-state index in [2.05, 4.69) is 38.9 Å². The van der Waals surface area contributed by atoms with Crippen LogP contribution in [0.5, 0.6) is 0 Å². The molecule has 3 rings (SSSR count). The number of hydrogen-bond donors (Lipinski definition) is 3. The molecule has 1 atom stereocenters. The number of rotatable bonds is 5. The van der Waals surface area contributed by atoms with E-state index in [0.29, 0.717) is 13.0 Å². The van der Waals surface area contributed by atoms with Gasteiger partial charge in [0.1, 0.15) is 0 Å². The molecule has 1 unspecified atom stereocenters. The van der Waals surface area contributed by atoms with Crippen LogP contribution in [0.3, 0.4) is 0 Å². The number of carbonyl (C=O) groups is 1. The summed E-state index contributed by atoms with van der Waals surface area (Å²) in [5.74, 6) is 0.952. The van der Waals surface area contributed by atoms with Gasteiger partial charge in [0.25, 0.3) is 0 Å². The summed E-state index contributed by atoms with van der Waals surface area (Å²) in [7, 11) is 1.76. The van der Waals surface area contributed by atoms with Crippen molar-refractivity contribution in [3.63, 3.8) is 0 Å². The number of aryl methyl sites for hydroxylation is 1. The molecule has 0 bridgehead atoms. The van der Waals surface area contributed by atoms with Crippen molar-refractivity contribution in [2.24, 2.45) is 4.99 Å². The van der Waals surface area contributed by atoms with Gasteiger partial charge in [-0.3, -0.25) is 14.8 Å². The van der Waals surface area contributed by atoms with E-state index >= 15 is 0 Å². The van der Waals surface area contributed by atoms with Crippen LogP contribution >= 0.6 is 0 Å². The molecule has 6 heteroatoms. The molecule has 2 heterocycles. The molecule has 0 radical (unpaired) electrons. The number of aromatic nitrogens is 1. The first kappa shape index (κ1) is 17.9. The van der Waals surface area contributed by atoms with E-state index in [9.17, 15) is 4.79 Å². The molecule has 136 valence electrons. The third-order valence-corrected chi connectivity index (χ3v) is 4.67. The minimum atomic E-state index is 0.0617. The van der Waals surface area contributed by atoms with E-state index in [4.69, 9.17) is 0 Å². The highest BCUT2D eigenvalue weighted by atomic mass is 16.1. The first-order chi connectivity index (χ1) is 12.7. The Balaban J connectivity index is 1.53. The van der Waals surface area contributed by atoms with E-state index < -0.39 is 0 Å². The second-order valence-electron chi connectivity index (χ2n) is 6.47. The molecule has 0 fully saturated rings. The topological polar surface area (TPSA) is 78.4 Å². The zero-order valence-electron chi connectivity index (χ0n) is 15.2. The molecule has 1 aliphatic heterocycles. The number of guanidine groups is 1. The normalized spacial score (nSPS) is 16.6. The first-order valence-electron chi connectivity index (χ1n) is 8.90. The summed E-state index contributed by atoms with van der Waals surface area (Å²) in [5.41, 5.74) is 4.55. The molecule has 0 aliphatic carbocycles. The van der Waals surface area contributed by atoms with Gasteiger partial charge in [0.15, 0.2) is 5.96 Å². The maximum atomic E-state index is 11.9. The van der Waals surface area contributed by atoms with Gasteiger partial charge in [-0.15, -0.1) is 0 Å². The zero-order chi connectivity index (χ0) is 18.4. The minimum Gasteiger partial charge on any atom is -0.356 e. The number of nitrogens with zero attached hydrogens (tertiary/aromatic N) is 2. The minimum absolute atomic E-state index is 0.0617. The van der Waals surface area contributed by atoms with Crippen LogP contribution in [-0.2, 0) is 11.2 Å². The molecular formula is C20H25N5O. The molecule has 0 spiro atoms. The Bertz CT molecular complexity index is 802. The number of pyridine rings is 1. The van der Waals surface area contributed by atoms with E-state index in [-0.39, 0.29) is 11.8 Å². The third kappa shape index (κ3) is 4.39. The van der Waals surface area contributed by atoms with Crippen molar-refractivity contribution in [2.75, 3.05) is 25.5 Å². The van der Waals surface area contributed by atoms with Gasteiger partial charge in [0.05, 0.1) is 0 Å². The number of benzene rings is 1. The van der Waals surface area contributed by atoms with Crippen molar-refractivity contribution in [3.8, 4) is 0 Å². The lowest BCUT2D eigenvalue weighted by Crippen LogP contribution is -2.41. The first-order valence-corrected chi connectivity index (χ1v) is 8.90. The summed E-state index contributed by atoms with van der Waals surface area (Å²) in [5, 5.41) is 9.62. The Morgan fingerprint density at radius 1 is 1.31 bits per heavy atom. The van der Waals surface area contributed by atoms with Crippen molar-refractivity contribution in [1.82, 2.24) is 15.6 Å². The van der Waals surface area contributed by atoms with Crippen LogP contribution in [0.4, 0.5) is 5.69 Å². The molecule has 1 aliphatic rings. The summed E-state index contributed by atoms with van der Waals surface area (Å²) in [6.45, 7) is 3.52. The lowest BCUT2D eigenvalue weighted by Gasteiger charge is -2.26. The van der Waals surface area contributed by atoms with Crippen LogP contribution in [0.1, 0.15) is 29.0 Å². The third-order valence-electron chi connectivity index (χ3n) is 4.67. The fraction of sp³-hybridized carbons (Fsp3) is 0.350. The molecule has 6 nitrogen and oxygen atoms in total. The summed E-state index contributed by atoms with van der Waals surface area (Å²) < 4.78 is 0. The number of carbonyl (C=O) groups excluding carboxylic acids is 1. The number of para-hydroxylation sites is 1. The van der Waals surface area contributed by atoms with Gasteiger partial charge in [-0.2, -0.15) is 0 Å². The quantitative estimate of drug-likeness (QED) is 0.570. The molecule has 3 N–H and O–H groups in total. The lowest BCUT2D eigenvalue weighted by molar-refractivity contribution is -0.116. The number of aliphatic imine (C=N–C) groups is 1. The number of anilines is 1. The van der Waals surface area contributed by atoms with Crippen molar-refractivity contribution >= 4 is 17.6 Å². The maximum Gasteiger partial charge on any atom is 0.225 e. The van der Waals surface area contributed by atoms with Gasteiger partial charge in [-0.05, 0) is 42.2 Å². The van der Waals surface area contributed by atoms with Crippen molar-refractivity contribution < 1.29 is 4.79 Å². The second kappa shape index (κ2) is 8.47. The Hall–Kier alpha value is -2.89. The van der Waals surface area contributed by atoms with E-state index in [1.54, 1.807) is 7.05 Å². The largest absolute Gasteiger partial charge is 0.356 e. The maximum absolute atomic E-state index is 11.9. The van der Waals surface area contributed by atoms with Gasteiger partial charge in [-0.1, -0.05) is 18.2 Å². The van der Waals surface area contributed by atoms with Crippen molar-refractivity contribution in [3.05, 3.63) is 59.4 Å². The van der Waals surface area contributed by atoms with Crippen molar-refractivity contribution in [1.29, 1.82) is 0 Å². The monoisotopic (exact) mass is 351 g/mol. The van der Waals surface area contributed by atoms with Gasteiger partial charge in [0.2, 0.25) is 5.91 Å². The highest BCUT2D eigenvalue weighted by Crippen LogP contribution is 2.31. The highest BCUT2D eigenvalue weighted by molar-refractivity contribution is 5.94. The molecule has 0 saturated carbocycles. The number of hydrogen-bond acceptors (Lipinski definition) is 3. The van der Waals surface area contributed by atoms with Gasteiger partial charge in [0, 0.05) is 50.6 Å². The van der Waals surface area contributed by atoms with Gasteiger partial charge >= 0.3 is 0 Å². The Kier molecular flexibility index (Phi) is 5.84. The summed E-state index contributed by atoms with van der Waals surface area (Å²) in [6.07, 6.45) is 5.09. The summed E-state index contributed by atoms with van der Waals surface area (Å²) in [6, 6.07) is 10.0. The highest BCUT2D eigenvalue weighted by Gasteiger charge is 2.24. The molecule has 1 amide bonds. The Morgan fingerprint density at radius 2 is 2.15 bits per heavy atom. The molecule has 26 heavy (non-hydrogen) atoms. The number of amides is 1. The van der Waals surface area contributed by atoms with Crippen LogP contribution in [0, 0.1) is 6.92 Å². The smallest absolute Gasteiger partial charge is 0.225 e. The standard InChI is InChI=1S/C20H25N5O/c1-14-12-22-9-7-15(14)8-10-23-20(21-2)24-13-16-11-19(26)25-18-6-4-3-5-17(16)18/h3-7,9,12,16H,8,10-11,13H2,1-2H3,(H,25,26)(H2,21,23,24). The van der Waals surface area contributed by atoms with Crippen LogP contribution in [0.2, 0.25) is 0 Å². The zero-order valence-corrected chi connectivity index (χ0v) is 15.2. The van der Waals surface area contributed by atoms with E-state index in [0.717, 1.165) is 24.6 Å². The molecule has 1 aromatic heterocycles. The molecular weight excluding hydrogens is 326 g/mol. The van der Waals surface area contributed by atoms with Gasteiger partial charge in [-0.25, -0.2) is 0 Å². The average molecular weight is 351 g/mol. The second-order valence-corrected chi connectivity index (χ2v) is 6.47. The Morgan fingerprint density at radius 3 is 2.96 bits per heavy atom. The SMILES string of the molecule is CN=C(NCCc1ccncc1C)NCC1CC(=O)Nc2ccccc21. The molecule has 2 aromatic rings. The number of nitrogens with one attached hydrogen (secondary N) is 3. The summed E-state index contributed by atoms with van der Waals surface area (Å²) >= 11 is 0. The van der Waals surface area contributed by atoms with Crippen molar-refractivity contribution in [2.45, 2.75) is 25.7 Å². The predicted molar refractivity (Wildman–Crippen MR) is 104 cm³/mol. The fourth-order valence-corrected chi connectivity index (χ4v) is 3.22. The van der Waals surface area contributed by atoms with Crippen LogP contribution < -0.4 is 16.0 Å². The summed E-state index contributed by atoms with van der Waals surface area (Å²) in [4.78, 5) is 20.3. The predicted octanol–water partition coefficient (Wildman–Crippen LogP) is 2.22. The van der Waals surface area contributed by atoms with Gasteiger partial charge < -0.3 is 16.0 Å². The van der Waals surface area contributed by atoms with Crippen LogP contribution in [0.15, 0.2) is 47.7 Å².